The zero-order chi connectivity index (χ0) is 21.2. The summed E-state index contributed by atoms with van der Waals surface area (Å²) in [6.07, 6.45) is 9.16. The average Bonchev–Trinajstić information content (AvgIpc) is 3.38. The van der Waals surface area contributed by atoms with Crippen LogP contribution in [0, 0.1) is 11.3 Å². The molecule has 0 amide bonds. The van der Waals surface area contributed by atoms with E-state index in [0.717, 1.165) is 35.4 Å². The first-order valence-electron chi connectivity index (χ1n) is 11.6. The first kappa shape index (κ1) is 20.3. The SMILES string of the molecule is COc1ccc2cc(C(=N)C3CCCN(C4CCC(c5ccn[nH]5)CC4)C3)ccc2c1. The molecule has 0 spiro atoms. The summed E-state index contributed by atoms with van der Waals surface area (Å²) in [7, 11) is 1.70. The number of fused-ring (bicyclic) bond motifs is 1. The maximum absolute atomic E-state index is 8.95. The summed E-state index contributed by atoms with van der Waals surface area (Å²) in [6.45, 7) is 2.21. The van der Waals surface area contributed by atoms with E-state index >= 15 is 0 Å². The van der Waals surface area contributed by atoms with Crippen LogP contribution in [0.5, 0.6) is 5.75 Å². The third kappa shape index (κ3) is 4.24. The van der Waals surface area contributed by atoms with Gasteiger partial charge in [0, 0.05) is 42.0 Å². The van der Waals surface area contributed by atoms with Crippen LogP contribution in [0.4, 0.5) is 0 Å². The molecule has 2 aliphatic rings. The van der Waals surface area contributed by atoms with Crippen molar-refractivity contribution in [2.24, 2.45) is 5.92 Å². The van der Waals surface area contributed by atoms with Gasteiger partial charge in [0.2, 0.25) is 0 Å². The molecule has 2 heterocycles. The van der Waals surface area contributed by atoms with Crippen molar-refractivity contribution in [1.29, 1.82) is 5.41 Å². The molecule has 5 rings (SSSR count). The average molecular weight is 417 g/mol. The van der Waals surface area contributed by atoms with Crippen molar-refractivity contribution in [1.82, 2.24) is 15.1 Å². The molecule has 1 unspecified atom stereocenters. The van der Waals surface area contributed by atoms with Gasteiger partial charge in [-0.3, -0.25) is 10.00 Å². The number of likely N-dealkylation sites (tertiary alicyclic amines) is 1. The highest BCUT2D eigenvalue weighted by Crippen LogP contribution is 2.35. The molecular weight excluding hydrogens is 384 g/mol. The Labute approximate surface area is 184 Å². The molecule has 1 aliphatic heterocycles. The summed E-state index contributed by atoms with van der Waals surface area (Å²) in [5.74, 6) is 1.84. The number of benzene rings is 2. The van der Waals surface area contributed by atoms with Crippen molar-refractivity contribution in [2.75, 3.05) is 20.2 Å². The first-order valence-corrected chi connectivity index (χ1v) is 11.6. The van der Waals surface area contributed by atoms with E-state index in [1.54, 1.807) is 7.11 Å². The van der Waals surface area contributed by atoms with E-state index in [4.69, 9.17) is 10.1 Å². The third-order valence-electron chi connectivity index (χ3n) is 7.39. The molecular formula is C26H32N4O. The van der Waals surface area contributed by atoms with Crippen LogP contribution in [0.3, 0.4) is 0 Å². The quantitative estimate of drug-likeness (QED) is 0.549. The molecule has 5 nitrogen and oxygen atoms in total. The number of nitrogens with one attached hydrogen (secondary N) is 2. The number of nitrogens with zero attached hydrogens (tertiary/aromatic N) is 2. The zero-order valence-electron chi connectivity index (χ0n) is 18.3. The van der Waals surface area contributed by atoms with Gasteiger partial charge in [-0.1, -0.05) is 18.2 Å². The number of piperidine rings is 1. The van der Waals surface area contributed by atoms with Crippen LogP contribution in [0.2, 0.25) is 0 Å². The number of H-pyrrole nitrogens is 1. The molecule has 2 aromatic carbocycles. The highest BCUT2D eigenvalue weighted by atomic mass is 16.5. The fraction of sp³-hybridized carbons (Fsp3) is 0.462. The number of rotatable bonds is 5. The van der Waals surface area contributed by atoms with Crippen LogP contribution in [-0.2, 0) is 0 Å². The van der Waals surface area contributed by atoms with Gasteiger partial charge in [0.05, 0.1) is 7.11 Å². The molecule has 2 N–H and O–H groups in total. The normalized spacial score (nSPS) is 24.9. The van der Waals surface area contributed by atoms with Crippen molar-refractivity contribution in [2.45, 2.75) is 50.5 Å². The Bertz CT molecular complexity index is 1040. The number of hydrogen-bond donors (Lipinski definition) is 2. The van der Waals surface area contributed by atoms with Gasteiger partial charge in [0.15, 0.2) is 0 Å². The van der Waals surface area contributed by atoms with Gasteiger partial charge in [-0.15, -0.1) is 0 Å². The largest absolute Gasteiger partial charge is 0.497 e. The minimum atomic E-state index is 0.328. The van der Waals surface area contributed by atoms with Gasteiger partial charge in [-0.2, -0.15) is 5.10 Å². The Morgan fingerprint density at radius 1 is 1.03 bits per heavy atom. The van der Waals surface area contributed by atoms with Crippen molar-refractivity contribution < 1.29 is 4.74 Å². The van der Waals surface area contributed by atoms with E-state index in [1.165, 1.54) is 49.7 Å². The van der Waals surface area contributed by atoms with Gasteiger partial charge < -0.3 is 10.1 Å². The molecule has 1 aliphatic carbocycles. The van der Waals surface area contributed by atoms with E-state index in [-0.39, 0.29) is 0 Å². The van der Waals surface area contributed by atoms with E-state index in [2.05, 4.69) is 51.5 Å². The number of methoxy groups -OCH3 is 1. The van der Waals surface area contributed by atoms with Gasteiger partial charge >= 0.3 is 0 Å². The molecule has 1 saturated carbocycles. The minimum absolute atomic E-state index is 0.328. The summed E-state index contributed by atoms with van der Waals surface area (Å²) >= 11 is 0. The summed E-state index contributed by atoms with van der Waals surface area (Å²) in [4.78, 5) is 2.68. The molecule has 31 heavy (non-hydrogen) atoms. The van der Waals surface area contributed by atoms with Gasteiger partial charge in [-0.05, 0) is 85.7 Å². The lowest BCUT2D eigenvalue weighted by molar-refractivity contribution is 0.111. The Balaban J connectivity index is 1.24. The Morgan fingerprint density at radius 3 is 2.61 bits per heavy atom. The third-order valence-corrected chi connectivity index (χ3v) is 7.39. The second-order valence-corrected chi connectivity index (χ2v) is 9.19. The molecule has 0 bridgehead atoms. The Hall–Kier alpha value is -2.66. The van der Waals surface area contributed by atoms with E-state index in [1.807, 2.05) is 12.3 Å². The van der Waals surface area contributed by atoms with Crippen LogP contribution < -0.4 is 4.74 Å². The van der Waals surface area contributed by atoms with Crippen molar-refractivity contribution in [3.63, 3.8) is 0 Å². The summed E-state index contributed by atoms with van der Waals surface area (Å²) < 4.78 is 5.34. The van der Waals surface area contributed by atoms with E-state index < -0.39 is 0 Å². The second kappa shape index (κ2) is 8.83. The monoisotopic (exact) mass is 416 g/mol. The smallest absolute Gasteiger partial charge is 0.119 e. The lowest BCUT2D eigenvalue weighted by Crippen LogP contribution is -2.45. The van der Waals surface area contributed by atoms with Gasteiger partial charge in [0.1, 0.15) is 5.75 Å². The molecule has 1 aromatic heterocycles. The molecule has 162 valence electrons. The number of aromatic nitrogens is 2. The van der Waals surface area contributed by atoms with Gasteiger partial charge in [-0.25, -0.2) is 0 Å². The molecule has 1 atom stereocenters. The fourth-order valence-corrected chi connectivity index (χ4v) is 5.57. The number of aromatic amines is 1. The Kier molecular flexibility index (Phi) is 5.77. The maximum Gasteiger partial charge on any atom is 0.119 e. The van der Waals surface area contributed by atoms with Crippen LogP contribution in [0.1, 0.15) is 55.7 Å². The zero-order valence-corrected chi connectivity index (χ0v) is 18.3. The molecule has 2 fully saturated rings. The van der Waals surface area contributed by atoms with Crippen molar-refractivity contribution in [3.05, 3.63) is 59.9 Å². The second-order valence-electron chi connectivity index (χ2n) is 9.19. The van der Waals surface area contributed by atoms with E-state index in [9.17, 15) is 0 Å². The minimum Gasteiger partial charge on any atom is -0.497 e. The first-order chi connectivity index (χ1) is 15.2. The maximum atomic E-state index is 8.95. The highest BCUT2D eigenvalue weighted by molar-refractivity contribution is 6.03. The fourth-order valence-electron chi connectivity index (χ4n) is 5.57. The van der Waals surface area contributed by atoms with Crippen LogP contribution in [0.25, 0.3) is 10.8 Å². The number of ether oxygens (including phenoxy) is 1. The lowest BCUT2D eigenvalue weighted by Gasteiger charge is -2.41. The van der Waals surface area contributed by atoms with Crippen LogP contribution >= 0.6 is 0 Å². The molecule has 1 saturated heterocycles. The summed E-state index contributed by atoms with van der Waals surface area (Å²) in [5, 5.41) is 18.6. The predicted molar refractivity (Wildman–Crippen MR) is 125 cm³/mol. The van der Waals surface area contributed by atoms with Crippen LogP contribution in [0.15, 0.2) is 48.7 Å². The summed E-state index contributed by atoms with van der Waals surface area (Å²) in [6, 6.07) is 15.4. The highest BCUT2D eigenvalue weighted by Gasteiger charge is 2.32. The Morgan fingerprint density at radius 2 is 1.84 bits per heavy atom. The number of hydrogen-bond acceptors (Lipinski definition) is 4. The van der Waals surface area contributed by atoms with Crippen molar-refractivity contribution in [3.8, 4) is 5.75 Å². The molecule has 5 heteroatoms. The molecule has 3 aromatic rings. The van der Waals surface area contributed by atoms with Gasteiger partial charge in [0.25, 0.3) is 0 Å². The topological polar surface area (TPSA) is 65.0 Å². The lowest BCUT2D eigenvalue weighted by atomic mass is 9.81. The molecule has 0 radical (unpaired) electrons. The van der Waals surface area contributed by atoms with Crippen LogP contribution in [-0.4, -0.2) is 47.1 Å². The predicted octanol–water partition coefficient (Wildman–Crippen LogP) is 5.38. The standard InChI is InChI=1S/C26H32N4O/c1-31-24-11-8-19-15-21(5-4-20(19)16-24)26(27)22-3-2-14-30(17-22)23-9-6-18(7-10-23)25-12-13-28-29-25/h4-5,8,11-13,15-16,18,22-23,27H,2-3,6-7,9-10,14,17H2,1H3,(H,28,29). The summed E-state index contributed by atoms with van der Waals surface area (Å²) in [5.41, 5.74) is 3.16. The van der Waals surface area contributed by atoms with Crippen molar-refractivity contribution >= 4 is 16.5 Å². The van der Waals surface area contributed by atoms with E-state index in [0.29, 0.717) is 17.9 Å².